The van der Waals surface area contributed by atoms with E-state index in [-0.39, 0.29) is 22.1 Å². The molecule has 7 atom stereocenters. The number of nitrogens with one attached hydrogen (secondary N) is 1. The van der Waals surface area contributed by atoms with Gasteiger partial charge in [-0.05, 0) is 119 Å². The van der Waals surface area contributed by atoms with Crippen LogP contribution in [0.4, 0.5) is 5.69 Å². The highest BCUT2D eigenvalue weighted by Gasteiger charge is 2.39. The highest BCUT2D eigenvalue weighted by atomic mass is 35.5. The smallest absolute Gasteiger partial charge is 0.150 e. The quantitative estimate of drug-likeness (QED) is 0.112. The topological polar surface area (TPSA) is 48.0 Å². The Balaban J connectivity index is 1.38. The lowest BCUT2D eigenvalue weighted by Gasteiger charge is -2.47. The number of hydrogen-bond acceptors (Lipinski definition) is 6. The lowest BCUT2D eigenvalue weighted by atomic mass is 9.66. The minimum absolute atomic E-state index is 0.0260. The second kappa shape index (κ2) is 18.2. The number of carbonyl (C=O) groups is 1. The molecule has 0 amide bonds. The maximum atomic E-state index is 12.0. The predicted molar refractivity (Wildman–Crippen MR) is 221 cm³/mol. The molecule has 5 rings (SSSR count). The Hall–Kier alpha value is -2.16. The second-order valence-electron chi connectivity index (χ2n) is 16.5. The number of halogens is 1. The second-order valence-corrected chi connectivity index (χ2v) is 18.9. The number of fused-ring (bicyclic) bond motifs is 1. The first kappa shape index (κ1) is 40.0. The summed E-state index contributed by atoms with van der Waals surface area (Å²) < 4.78 is 9.93. The summed E-state index contributed by atoms with van der Waals surface area (Å²) in [6.45, 7) is 22.1. The largest absolute Gasteiger partial charge is 0.491 e. The summed E-state index contributed by atoms with van der Waals surface area (Å²) in [5, 5.41) is 1.33. The van der Waals surface area contributed by atoms with Gasteiger partial charge in [-0.25, -0.2) is 0 Å². The molecule has 1 aliphatic carbocycles. The van der Waals surface area contributed by atoms with Crippen LogP contribution in [0.25, 0.3) is 0 Å². The first-order valence-electron chi connectivity index (χ1n) is 19.5. The molecule has 0 bridgehead atoms. The first-order chi connectivity index (χ1) is 24.4. The number of carbonyl (C=O) groups excluding carboxylic acids is 1. The maximum Gasteiger partial charge on any atom is 0.150 e. The van der Waals surface area contributed by atoms with E-state index in [9.17, 15) is 4.79 Å². The van der Waals surface area contributed by atoms with E-state index >= 15 is 0 Å². The molecule has 282 valence electrons. The van der Waals surface area contributed by atoms with Gasteiger partial charge in [0, 0.05) is 73.1 Å². The number of piperazine rings is 1. The Bertz CT molecular complexity index is 1500. The van der Waals surface area contributed by atoms with Crippen LogP contribution in [-0.2, 0) is 6.42 Å². The standard InChI is InChI=1S/C43H65ClN4O2S/c1-9-11-34-25-38(44)16-18-39(34)37-28-47(41-24-33(29-49)14-19-42(41)50-30-37)27-36-15-17-40(36)35(13-10-12-31(2)32(3)51(8)45-7)26-46-20-22-48(23-21-46)43(4,5)6/h10,13-14,16,18-19,24-25,29,31-32,35-37,40,45H,8-9,11-12,15,17,20-23,26-28,30H2,1-7H3/b13-10+. The van der Waals surface area contributed by atoms with E-state index in [4.69, 9.17) is 16.3 Å². The van der Waals surface area contributed by atoms with Crippen molar-refractivity contribution in [2.24, 2.45) is 23.7 Å². The molecule has 8 heteroatoms. The molecular weight excluding hydrogens is 672 g/mol. The van der Waals surface area contributed by atoms with Crippen molar-refractivity contribution >= 4 is 40.1 Å². The number of ether oxygens (including phenoxy) is 1. The van der Waals surface area contributed by atoms with Gasteiger partial charge < -0.3 is 14.5 Å². The molecule has 1 N–H and O–H groups in total. The lowest BCUT2D eigenvalue weighted by Crippen LogP contribution is -2.54. The minimum atomic E-state index is -0.0260. The van der Waals surface area contributed by atoms with Gasteiger partial charge in [-0.2, -0.15) is 0 Å². The summed E-state index contributed by atoms with van der Waals surface area (Å²) in [5.41, 5.74) is 4.63. The fourth-order valence-electron chi connectivity index (χ4n) is 8.44. The van der Waals surface area contributed by atoms with Crippen molar-refractivity contribution < 1.29 is 9.53 Å². The SMILES string of the molecule is C=S(NC)C(C)C(C)C/C=C/C(CN1CCN(C(C)(C)C)CC1)C1CCC1CN1CC(c2ccc(Cl)cc2CCC)COc2ccc(C=O)cc21. The number of allylic oxidation sites excluding steroid dienone is 1. The molecule has 7 unspecified atom stereocenters. The van der Waals surface area contributed by atoms with Gasteiger partial charge in [-0.15, -0.1) is 10.7 Å². The molecule has 51 heavy (non-hydrogen) atoms. The van der Waals surface area contributed by atoms with Gasteiger partial charge in [-0.1, -0.05) is 62.9 Å². The zero-order chi connectivity index (χ0) is 36.7. The number of rotatable bonds is 15. The minimum Gasteiger partial charge on any atom is -0.491 e. The van der Waals surface area contributed by atoms with Gasteiger partial charge in [0.1, 0.15) is 12.0 Å². The van der Waals surface area contributed by atoms with Crippen LogP contribution in [0.5, 0.6) is 5.75 Å². The highest BCUT2D eigenvalue weighted by molar-refractivity contribution is 8.12. The van der Waals surface area contributed by atoms with Crippen molar-refractivity contribution in [3.8, 4) is 5.75 Å². The van der Waals surface area contributed by atoms with E-state index in [1.54, 1.807) is 0 Å². The highest BCUT2D eigenvalue weighted by Crippen LogP contribution is 2.44. The van der Waals surface area contributed by atoms with Gasteiger partial charge in [0.05, 0.1) is 12.3 Å². The van der Waals surface area contributed by atoms with E-state index < -0.39 is 0 Å². The number of nitrogens with zero attached hydrogens (tertiary/aromatic N) is 3. The summed E-state index contributed by atoms with van der Waals surface area (Å²) in [4.78, 5) is 19.9. The van der Waals surface area contributed by atoms with Crippen molar-refractivity contribution in [2.75, 3.05) is 64.4 Å². The zero-order valence-electron chi connectivity index (χ0n) is 32.5. The van der Waals surface area contributed by atoms with E-state index in [2.05, 4.69) is 91.1 Å². The molecule has 1 saturated heterocycles. The van der Waals surface area contributed by atoms with Crippen molar-refractivity contribution in [3.05, 3.63) is 70.3 Å². The van der Waals surface area contributed by atoms with Crippen molar-refractivity contribution in [1.82, 2.24) is 14.5 Å². The Morgan fingerprint density at radius 1 is 1.10 bits per heavy atom. The van der Waals surface area contributed by atoms with Crippen LogP contribution in [0.2, 0.25) is 5.02 Å². The monoisotopic (exact) mass is 736 g/mol. The third-order valence-corrected chi connectivity index (χ3v) is 14.2. The summed E-state index contributed by atoms with van der Waals surface area (Å²) in [6.07, 6.45) is 11.7. The predicted octanol–water partition coefficient (Wildman–Crippen LogP) is 8.95. The Labute approximate surface area is 317 Å². The van der Waals surface area contributed by atoms with Crippen LogP contribution in [0.15, 0.2) is 48.6 Å². The van der Waals surface area contributed by atoms with Crippen LogP contribution in [-0.4, -0.2) is 92.2 Å². The molecule has 1 saturated carbocycles. The molecule has 0 spiro atoms. The fraction of sp³-hybridized carbons (Fsp3) is 0.628. The van der Waals surface area contributed by atoms with E-state index in [0.29, 0.717) is 41.1 Å². The number of anilines is 1. The Morgan fingerprint density at radius 2 is 1.86 bits per heavy atom. The molecule has 0 radical (unpaired) electrons. The van der Waals surface area contributed by atoms with Crippen LogP contribution >= 0.6 is 22.3 Å². The molecule has 2 aromatic rings. The number of aldehydes is 1. The molecule has 2 fully saturated rings. The van der Waals surface area contributed by atoms with E-state index in [1.165, 1.54) is 24.0 Å². The van der Waals surface area contributed by atoms with Crippen LogP contribution in [0, 0.1) is 23.7 Å². The van der Waals surface area contributed by atoms with E-state index in [1.807, 2.05) is 31.3 Å². The summed E-state index contributed by atoms with van der Waals surface area (Å²) in [6, 6.07) is 12.3. The van der Waals surface area contributed by atoms with Crippen LogP contribution in [0.1, 0.15) is 94.6 Å². The van der Waals surface area contributed by atoms with E-state index in [0.717, 1.165) is 87.8 Å². The summed E-state index contributed by atoms with van der Waals surface area (Å²) >= 11 is 6.49. The average Bonchev–Trinajstić information content (AvgIpc) is 3.28. The van der Waals surface area contributed by atoms with Gasteiger partial charge in [0.25, 0.3) is 0 Å². The Morgan fingerprint density at radius 3 is 2.51 bits per heavy atom. The van der Waals surface area contributed by atoms with Crippen molar-refractivity contribution in [1.29, 1.82) is 0 Å². The molecule has 2 heterocycles. The third kappa shape index (κ3) is 10.3. The zero-order valence-corrected chi connectivity index (χ0v) is 34.1. The number of aryl methyl sites for hydroxylation is 1. The molecular formula is C43H65ClN4O2S. The van der Waals surface area contributed by atoms with Gasteiger partial charge in [0.2, 0.25) is 0 Å². The number of hydrogen-bond donors (Lipinski definition) is 1. The Kier molecular flexibility index (Phi) is 14.3. The van der Waals surface area contributed by atoms with Crippen molar-refractivity contribution in [3.63, 3.8) is 0 Å². The van der Waals surface area contributed by atoms with Crippen LogP contribution < -0.4 is 14.4 Å². The van der Waals surface area contributed by atoms with Crippen molar-refractivity contribution in [2.45, 2.75) is 90.4 Å². The van der Waals surface area contributed by atoms with Gasteiger partial charge >= 0.3 is 0 Å². The normalized spacial score (nSPS) is 24.2. The van der Waals surface area contributed by atoms with Gasteiger partial charge in [-0.3, -0.25) is 14.4 Å². The molecule has 2 aromatic carbocycles. The number of benzene rings is 2. The van der Waals surface area contributed by atoms with Crippen LogP contribution in [0.3, 0.4) is 0 Å². The molecule has 2 aliphatic heterocycles. The summed E-state index contributed by atoms with van der Waals surface area (Å²) in [5.74, 6) is 7.74. The molecule has 6 nitrogen and oxygen atoms in total. The third-order valence-electron chi connectivity index (χ3n) is 12.1. The lowest BCUT2D eigenvalue weighted by molar-refractivity contribution is 0.0405. The maximum absolute atomic E-state index is 12.0. The van der Waals surface area contributed by atoms with Gasteiger partial charge in [0.15, 0.2) is 0 Å². The fourth-order valence-corrected chi connectivity index (χ4v) is 9.67. The molecule has 3 aliphatic rings. The molecule has 0 aromatic heterocycles. The summed E-state index contributed by atoms with van der Waals surface area (Å²) in [7, 11) is 2.00. The average molecular weight is 738 g/mol. The first-order valence-corrected chi connectivity index (χ1v) is 21.3.